The lowest BCUT2D eigenvalue weighted by atomic mass is 9.74. The second-order valence-electron chi connectivity index (χ2n) is 7.10. The van der Waals surface area contributed by atoms with Gasteiger partial charge in [0.05, 0.1) is 11.1 Å². The quantitative estimate of drug-likeness (QED) is 0.644. The zero-order valence-corrected chi connectivity index (χ0v) is 17.1. The van der Waals surface area contributed by atoms with E-state index >= 15 is 0 Å². The molecule has 2 aromatic carbocycles. The number of halogens is 3. The number of ether oxygens (including phenoxy) is 1. The van der Waals surface area contributed by atoms with Crippen LogP contribution < -0.4 is 10.6 Å². The van der Waals surface area contributed by atoms with Gasteiger partial charge in [-0.1, -0.05) is 53.5 Å². The molecule has 28 heavy (non-hydrogen) atoms. The fourth-order valence-corrected chi connectivity index (χ4v) is 4.11. The Labute approximate surface area is 174 Å². The largest absolute Gasteiger partial charge is 0.381 e. The Bertz CT molecular complexity index is 827. The number of hydrogen-bond donors (Lipinski definition) is 2. The van der Waals surface area contributed by atoms with Gasteiger partial charge < -0.3 is 15.4 Å². The molecule has 2 aromatic rings. The highest BCUT2D eigenvalue weighted by molar-refractivity contribution is 6.35. The summed E-state index contributed by atoms with van der Waals surface area (Å²) >= 11 is 11.9. The lowest BCUT2D eigenvalue weighted by molar-refractivity contribution is 0.0506. The number of nitrogens with one attached hydrogen (secondary N) is 2. The van der Waals surface area contributed by atoms with E-state index in [4.69, 9.17) is 27.9 Å². The molecule has 4 nitrogen and oxygen atoms in total. The summed E-state index contributed by atoms with van der Waals surface area (Å²) in [6.45, 7) is 3.56. The predicted octanol–water partition coefficient (Wildman–Crippen LogP) is 5.24. The van der Waals surface area contributed by atoms with Gasteiger partial charge in [-0.25, -0.2) is 9.18 Å². The molecule has 0 bridgehead atoms. The van der Waals surface area contributed by atoms with Crippen LogP contribution in [0.2, 0.25) is 10.0 Å². The summed E-state index contributed by atoms with van der Waals surface area (Å²) in [6.07, 6.45) is 1.67. The molecule has 0 radical (unpaired) electrons. The van der Waals surface area contributed by atoms with Gasteiger partial charge in [0.2, 0.25) is 0 Å². The molecule has 150 valence electrons. The van der Waals surface area contributed by atoms with Crippen molar-refractivity contribution < 1.29 is 13.9 Å². The molecule has 2 amide bonds. The standard InChI is InChI=1S/C21H23Cl2FN2O2/c1-14(16-11-19(24)18(23)12-17(16)22)26-20(27)25-13-21(7-9-28-10-8-21)15-5-3-2-4-6-15/h2-6,11-12,14H,7-10,13H2,1H3,(H2,25,26,27). The topological polar surface area (TPSA) is 50.4 Å². The van der Waals surface area contributed by atoms with Crippen molar-refractivity contribution in [3.8, 4) is 0 Å². The van der Waals surface area contributed by atoms with Gasteiger partial charge in [-0.3, -0.25) is 0 Å². The molecular formula is C21H23Cl2FN2O2. The second kappa shape index (κ2) is 9.12. The Morgan fingerprint density at radius 2 is 1.86 bits per heavy atom. The number of amides is 2. The van der Waals surface area contributed by atoms with Gasteiger partial charge in [0.15, 0.2) is 0 Å². The first-order valence-corrected chi connectivity index (χ1v) is 9.99. The van der Waals surface area contributed by atoms with Crippen LogP contribution in [0.15, 0.2) is 42.5 Å². The van der Waals surface area contributed by atoms with Crippen LogP contribution in [-0.2, 0) is 10.2 Å². The zero-order chi connectivity index (χ0) is 20.1. The molecule has 1 fully saturated rings. The molecule has 1 aliphatic heterocycles. The summed E-state index contributed by atoms with van der Waals surface area (Å²) in [6, 6.07) is 12.0. The van der Waals surface area contributed by atoms with Crippen molar-refractivity contribution in [1.29, 1.82) is 0 Å². The van der Waals surface area contributed by atoms with E-state index < -0.39 is 11.9 Å². The van der Waals surface area contributed by atoms with Gasteiger partial charge in [0, 0.05) is 30.2 Å². The molecule has 1 saturated heterocycles. The van der Waals surface area contributed by atoms with Crippen LogP contribution in [0.25, 0.3) is 0 Å². The highest BCUT2D eigenvalue weighted by atomic mass is 35.5. The van der Waals surface area contributed by atoms with E-state index in [2.05, 4.69) is 22.8 Å². The van der Waals surface area contributed by atoms with Crippen LogP contribution in [0, 0.1) is 5.82 Å². The minimum atomic E-state index is -0.569. The predicted molar refractivity (Wildman–Crippen MR) is 110 cm³/mol. The van der Waals surface area contributed by atoms with Crippen LogP contribution in [0.3, 0.4) is 0 Å². The minimum absolute atomic E-state index is 0.0466. The van der Waals surface area contributed by atoms with E-state index in [0.29, 0.717) is 30.3 Å². The first-order valence-electron chi connectivity index (χ1n) is 9.23. The fourth-order valence-electron chi connectivity index (χ4n) is 3.57. The molecule has 2 N–H and O–H groups in total. The Morgan fingerprint density at radius 1 is 1.18 bits per heavy atom. The van der Waals surface area contributed by atoms with Crippen LogP contribution in [0.5, 0.6) is 0 Å². The average Bonchev–Trinajstić information content (AvgIpc) is 2.70. The maximum absolute atomic E-state index is 13.8. The molecular weight excluding hydrogens is 402 g/mol. The highest BCUT2D eigenvalue weighted by Crippen LogP contribution is 2.34. The fraction of sp³-hybridized carbons (Fsp3) is 0.381. The number of benzene rings is 2. The Hall–Kier alpha value is -1.82. The van der Waals surface area contributed by atoms with Crippen molar-refractivity contribution in [1.82, 2.24) is 10.6 Å². The van der Waals surface area contributed by atoms with Gasteiger partial charge in [-0.2, -0.15) is 0 Å². The third kappa shape index (κ3) is 4.77. The zero-order valence-electron chi connectivity index (χ0n) is 15.6. The molecule has 1 aliphatic rings. The summed E-state index contributed by atoms with van der Waals surface area (Å²) in [7, 11) is 0. The molecule has 0 aromatic heterocycles. The number of rotatable bonds is 5. The van der Waals surface area contributed by atoms with Crippen molar-refractivity contribution in [2.45, 2.75) is 31.2 Å². The summed E-state index contributed by atoms with van der Waals surface area (Å²) in [5.74, 6) is -0.569. The number of carbonyl (C=O) groups excluding carboxylic acids is 1. The normalized spacial score (nSPS) is 17.0. The third-order valence-electron chi connectivity index (χ3n) is 5.28. The Kier molecular flexibility index (Phi) is 6.81. The lowest BCUT2D eigenvalue weighted by Gasteiger charge is -2.38. The second-order valence-corrected chi connectivity index (χ2v) is 7.91. The molecule has 0 spiro atoms. The van der Waals surface area contributed by atoms with Crippen molar-refractivity contribution >= 4 is 29.2 Å². The molecule has 1 heterocycles. The summed E-state index contributed by atoms with van der Waals surface area (Å²) < 4.78 is 19.3. The molecule has 0 saturated carbocycles. The summed E-state index contributed by atoms with van der Waals surface area (Å²) in [4.78, 5) is 12.5. The third-order valence-corrected chi connectivity index (χ3v) is 5.89. The van der Waals surface area contributed by atoms with Crippen LogP contribution in [0.1, 0.15) is 36.9 Å². The average molecular weight is 425 g/mol. The first-order chi connectivity index (χ1) is 13.4. The monoisotopic (exact) mass is 424 g/mol. The van der Waals surface area contributed by atoms with Gasteiger partial charge in [-0.15, -0.1) is 0 Å². The molecule has 1 atom stereocenters. The van der Waals surface area contributed by atoms with Gasteiger partial charge in [0.25, 0.3) is 0 Å². The molecule has 7 heteroatoms. The lowest BCUT2D eigenvalue weighted by Crippen LogP contribution is -2.47. The summed E-state index contributed by atoms with van der Waals surface area (Å²) in [5, 5.41) is 6.05. The van der Waals surface area contributed by atoms with E-state index in [-0.39, 0.29) is 16.5 Å². The van der Waals surface area contributed by atoms with Crippen molar-refractivity contribution in [3.63, 3.8) is 0 Å². The van der Waals surface area contributed by atoms with Crippen LogP contribution in [0.4, 0.5) is 9.18 Å². The maximum atomic E-state index is 13.8. The maximum Gasteiger partial charge on any atom is 0.315 e. The van der Waals surface area contributed by atoms with Gasteiger partial charge >= 0.3 is 6.03 Å². The SMILES string of the molecule is CC(NC(=O)NCC1(c2ccccc2)CCOCC1)c1cc(F)c(Cl)cc1Cl. The van der Waals surface area contributed by atoms with E-state index in [9.17, 15) is 9.18 Å². The molecule has 0 aliphatic carbocycles. The Balaban J connectivity index is 1.66. The first kappa shape index (κ1) is 20.9. The van der Waals surface area contributed by atoms with Crippen molar-refractivity contribution in [3.05, 3.63) is 69.5 Å². The van der Waals surface area contributed by atoms with Crippen LogP contribution >= 0.6 is 23.2 Å². The van der Waals surface area contributed by atoms with Gasteiger partial charge in [-0.05, 0) is 43.0 Å². The van der Waals surface area contributed by atoms with E-state index in [1.54, 1.807) is 6.92 Å². The number of urea groups is 1. The van der Waals surface area contributed by atoms with Crippen molar-refractivity contribution in [2.75, 3.05) is 19.8 Å². The Morgan fingerprint density at radius 3 is 2.54 bits per heavy atom. The van der Waals surface area contributed by atoms with Crippen LogP contribution in [-0.4, -0.2) is 25.8 Å². The van der Waals surface area contributed by atoms with E-state index in [1.165, 1.54) is 17.7 Å². The van der Waals surface area contributed by atoms with E-state index in [1.807, 2.05) is 18.2 Å². The van der Waals surface area contributed by atoms with Crippen molar-refractivity contribution in [2.24, 2.45) is 0 Å². The number of hydrogen-bond acceptors (Lipinski definition) is 2. The molecule has 1 unspecified atom stereocenters. The smallest absolute Gasteiger partial charge is 0.315 e. The van der Waals surface area contributed by atoms with Gasteiger partial charge in [0.1, 0.15) is 5.82 Å². The highest BCUT2D eigenvalue weighted by Gasteiger charge is 2.34. The van der Waals surface area contributed by atoms with E-state index in [0.717, 1.165) is 12.8 Å². The number of carbonyl (C=O) groups is 1. The molecule has 3 rings (SSSR count). The minimum Gasteiger partial charge on any atom is -0.381 e. The summed E-state index contributed by atoms with van der Waals surface area (Å²) in [5.41, 5.74) is 1.50.